The molecule has 3 amide bonds. The summed E-state index contributed by atoms with van der Waals surface area (Å²) in [6.07, 6.45) is 0. The Morgan fingerprint density at radius 2 is 1.67 bits per heavy atom. The van der Waals surface area contributed by atoms with E-state index in [-0.39, 0.29) is 29.4 Å². The number of rotatable bonds is 6. The summed E-state index contributed by atoms with van der Waals surface area (Å²) in [4.78, 5) is 37.4. The molecular formula is C23H18N2O4S. The molecule has 4 rings (SSSR count). The van der Waals surface area contributed by atoms with Crippen molar-refractivity contribution in [3.05, 3.63) is 90.0 Å². The third-order valence-corrected chi connectivity index (χ3v) is 5.32. The van der Waals surface area contributed by atoms with Crippen LogP contribution in [0.3, 0.4) is 0 Å². The first-order valence-corrected chi connectivity index (χ1v) is 10.3. The third kappa shape index (κ3) is 4.69. The SMILES string of the molecule is O=C(Nc1ccc(Oc2ccccc2)cc1)c1cccc(CN2C(=O)CSC2=O)c1. The van der Waals surface area contributed by atoms with Crippen LogP contribution in [0.25, 0.3) is 0 Å². The molecule has 1 heterocycles. The largest absolute Gasteiger partial charge is 0.457 e. The van der Waals surface area contributed by atoms with E-state index < -0.39 is 0 Å². The van der Waals surface area contributed by atoms with Gasteiger partial charge in [-0.2, -0.15) is 0 Å². The van der Waals surface area contributed by atoms with Gasteiger partial charge in [-0.3, -0.25) is 19.3 Å². The van der Waals surface area contributed by atoms with Crippen molar-refractivity contribution in [2.45, 2.75) is 6.54 Å². The average molecular weight is 418 g/mol. The van der Waals surface area contributed by atoms with Crippen LogP contribution in [-0.2, 0) is 11.3 Å². The van der Waals surface area contributed by atoms with Crippen LogP contribution in [0.4, 0.5) is 10.5 Å². The second kappa shape index (κ2) is 8.84. The molecule has 6 nitrogen and oxygen atoms in total. The first-order valence-electron chi connectivity index (χ1n) is 9.29. The Morgan fingerprint density at radius 3 is 2.37 bits per heavy atom. The van der Waals surface area contributed by atoms with Gasteiger partial charge in [0.1, 0.15) is 11.5 Å². The molecular weight excluding hydrogens is 400 g/mol. The Kier molecular flexibility index (Phi) is 5.81. The maximum Gasteiger partial charge on any atom is 0.289 e. The predicted octanol–water partition coefficient (Wildman–Crippen LogP) is 4.93. The summed E-state index contributed by atoms with van der Waals surface area (Å²) in [5.74, 6) is 1.08. The number of thioether (sulfide) groups is 1. The van der Waals surface area contributed by atoms with E-state index in [4.69, 9.17) is 4.74 Å². The molecule has 7 heteroatoms. The van der Waals surface area contributed by atoms with Crippen molar-refractivity contribution in [2.24, 2.45) is 0 Å². The number of nitrogens with zero attached hydrogens (tertiary/aromatic N) is 1. The zero-order valence-electron chi connectivity index (χ0n) is 15.9. The monoisotopic (exact) mass is 418 g/mol. The highest BCUT2D eigenvalue weighted by Gasteiger charge is 2.29. The summed E-state index contributed by atoms with van der Waals surface area (Å²) in [7, 11) is 0. The van der Waals surface area contributed by atoms with Crippen molar-refractivity contribution >= 4 is 34.5 Å². The highest BCUT2D eigenvalue weighted by molar-refractivity contribution is 8.14. The Balaban J connectivity index is 1.40. The number of para-hydroxylation sites is 1. The van der Waals surface area contributed by atoms with Crippen molar-refractivity contribution in [1.29, 1.82) is 0 Å². The summed E-state index contributed by atoms with van der Waals surface area (Å²) in [6, 6.07) is 23.4. The minimum atomic E-state index is -0.276. The van der Waals surface area contributed by atoms with Crippen LogP contribution in [0.5, 0.6) is 11.5 Å². The van der Waals surface area contributed by atoms with Gasteiger partial charge in [0, 0.05) is 11.3 Å². The van der Waals surface area contributed by atoms with Gasteiger partial charge in [-0.05, 0) is 54.1 Å². The highest BCUT2D eigenvalue weighted by atomic mass is 32.2. The van der Waals surface area contributed by atoms with Crippen LogP contribution in [0.2, 0.25) is 0 Å². The van der Waals surface area contributed by atoms with Gasteiger partial charge in [0.15, 0.2) is 0 Å². The van der Waals surface area contributed by atoms with E-state index in [2.05, 4.69) is 5.32 Å². The fourth-order valence-electron chi connectivity index (χ4n) is 2.96. The van der Waals surface area contributed by atoms with Crippen molar-refractivity contribution in [2.75, 3.05) is 11.1 Å². The maximum atomic E-state index is 12.6. The van der Waals surface area contributed by atoms with Gasteiger partial charge in [0.2, 0.25) is 5.91 Å². The van der Waals surface area contributed by atoms with Crippen LogP contribution in [0, 0.1) is 0 Å². The van der Waals surface area contributed by atoms with Gasteiger partial charge in [-0.1, -0.05) is 42.1 Å². The molecule has 1 aliphatic heterocycles. The molecule has 1 N–H and O–H groups in total. The van der Waals surface area contributed by atoms with Gasteiger partial charge in [0.25, 0.3) is 11.1 Å². The molecule has 1 aliphatic rings. The smallest absolute Gasteiger partial charge is 0.289 e. The topological polar surface area (TPSA) is 75.7 Å². The molecule has 0 aliphatic carbocycles. The van der Waals surface area contributed by atoms with Crippen LogP contribution in [0.15, 0.2) is 78.9 Å². The minimum absolute atomic E-state index is 0.164. The Bertz CT molecular complexity index is 1070. The van der Waals surface area contributed by atoms with Gasteiger partial charge >= 0.3 is 0 Å². The lowest BCUT2D eigenvalue weighted by Crippen LogP contribution is -2.28. The molecule has 0 bridgehead atoms. The van der Waals surface area contributed by atoms with E-state index in [9.17, 15) is 14.4 Å². The third-order valence-electron chi connectivity index (χ3n) is 4.46. The van der Waals surface area contributed by atoms with Crippen LogP contribution in [0.1, 0.15) is 15.9 Å². The van der Waals surface area contributed by atoms with E-state index in [0.717, 1.165) is 23.1 Å². The van der Waals surface area contributed by atoms with Gasteiger partial charge < -0.3 is 10.1 Å². The molecule has 0 aromatic heterocycles. The second-order valence-corrected chi connectivity index (χ2v) is 7.56. The number of carbonyl (C=O) groups excluding carboxylic acids is 3. The zero-order valence-corrected chi connectivity index (χ0v) is 16.7. The van der Waals surface area contributed by atoms with E-state index >= 15 is 0 Å². The molecule has 150 valence electrons. The van der Waals surface area contributed by atoms with Crippen molar-refractivity contribution in [3.8, 4) is 11.5 Å². The molecule has 30 heavy (non-hydrogen) atoms. The summed E-state index contributed by atoms with van der Waals surface area (Å²) < 4.78 is 5.75. The number of hydrogen-bond acceptors (Lipinski definition) is 5. The summed E-state index contributed by atoms with van der Waals surface area (Å²) in [5.41, 5.74) is 1.80. The Hall–Kier alpha value is -3.58. The quantitative estimate of drug-likeness (QED) is 0.615. The zero-order chi connectivity index (χ0) is 20.9. The standard InChI is InChI=1S/C23H18N2O4S/c26-21-15-30-23(28)25(21)14-16-5-4-6-17(13-16)22(27)24-18-9-11-20(12-10-18)29-19-7-2-1-3-8-19/h1-13H,14-15H2,(H,24,27). The van der Waals surface area contributed by atoms with Crippen molar-refractivity contribution < 1.29 is 19.1 Å². The van der Waals surface area contributed by atoms with Crippen molar-refractivity contribution in [3.63, 3.8) is 0 Å². The molecule has 3 aromatic rings. The predicted molar refractivity (Wildman–Crippen MR) is 116 cm³/mol. The molecule has 0 unspecified atom stereocenters. The van der Waals surface area contributed by atoms with Gasteiger partial charge in [0.05, 0.1) is 12.3 Å². The second-order valence-electron chi connectivity index (χ2n) is 6.63. The van der Waals surface area contributed by atoms with E-state index in [0.29, 0.717) is 17.0 Å². The fraction of sp³-hybridized carbons (Fsp3) is 0.0870. The summed E-state index contributed by atoms with van der Waals surface area (Å²) in [6.45, 7) is 0.164. The molecule has 0 spiro atoms. The average Bonchev–Trinajstić information content (AvgIpc) is 3.08. The number of anilines is 1. The van der Waals surface area contributed by atoms with Crippen LogP contribution < -0.4 is 10.1 Å². The first-order chi connectivity index (χ1) is 14.6. The first kappa shape index (κ1) is 19.7. The molecule has 0 saturated carbocycles. The minimum Gasteiger partial charge on any atom is -0.457 e. The highest BCUT2D eigenvalue weighted by Crippen LogP contribution is 2.24. The molecule has 1 fully saturated rings. The summed E-state index contributed by atoms with van der Waals surface area (Å²) >= 11 is 0.994. The maximum absolute atomic E-state index is 12.6. The van der Waals surface area contributed by atoms with E-state index in [1.165, 1.54) is 4.90 Å². The molecule has 1 saturated heterocycles. The molecule has 3 aromatic carbocycles. The van der Waals surface area contributed by atoms with Crippen LogP contribution in [-0.4, -0.2) is 27.7 Å². The lowest BCUT2D eigenvalue weighted by Gasteiger charge is -2.13. The van der Waals surface area contributed by atoms with Crippen LogP contribution >= 0.6 is 11.8 Å². The fourth-order valence-corrected chi connectivity index (χ4v) is 3.69. The molecule has 0 radical (unpaired) electrons. The number of ether oxygens (including phenoxy) is 1. The van der Waals surface area contributed by atoms with Gasteiger partial charge in [-0.15, -0.1) is 0 Å². The Morgan fingerprint density at radius 1 is 0.933 bits per heavy atom. The lowest BCUT2D eigenvalue weighted by atomic mass is 10.1. The number of imide groups is 1. The lowest BCUT2D eigenvalue weighted by molar-refractivity contribution is -0.125. The number of amides is 3. The van der Waals surface area contributed by atoms with E-state index in [1.54, 1.807) is 48.5 Å². The van der Waals surface area contributed by atoms with Gasteiger partial charge in [-0.25, -0.2) is 0 Å². The number of benzene rings is 3. The van der Waals surface area contributed by atoms with Crippen molar-refractivity contribution in [1.82, 2.24) is 4.90 Å². The number of hydrogen-bond donors (Lipinski definition) is 1. The molecule has 0 atom stereocenters. The normalized spacial score (nSPS) is 13.4. The number of nitrogens with one attached hydrogen (secondary N) is 1. The number of carbonyl (C=O) groups is 3. The Labute approximate surface area is 177 Å². The summed E-state index contributed by atoms with van der Waals surface area (Å²) in [5, 5.41) is 2.58. The van der Waals surface area contributed by atoms with E-state index in [1.807, 2.05) is 30.3 Å².